The minimum absolute atomic E-state index is 0. The Morgan fingerprint density at radius 3 is 0.788 bits per heavy atom. The van der Waals surface area contributed by atoms with Crippen LogP contribution in [-0.2, 0) is 17.1 Å². The van der Waals surface area contributed by atoms with E-state index in [1.807, 2.05) is 62.4 Å². The van der Waals surface area contributed by atoms with Gasteiger partial charge >= 0.3 is 50.1 Å². The molecule has 0 nitrogen and oxygen atoms in total. The van der Waals surface area contributed by atoms with E-state index in [9.17, 15) is 42.7 Å². The van der Waals surface area contributed by atoms with Crippen molar-refractivity contribution >= 4 is 59.4 Å². The minimum Gasteiger partial charge on any atom is -0.206 e. The topological polar surface area (TPSA) is 0 Å². The minimum atomic E-state index is -10.7. The van der Waals surface area contributed by atoms with Crippen LogP contribution in [0.5, 0.6) is 0 Å². The van der Waals surface area contributed by atoms with Gasteiger partial charge in [-0.05, 0) is 89.8 Å². The predicted molar refractivity (Wildman–Crippen MR) is 199 cm³/mol. The molecular weight excluding hydrogens is 814 g/mol. The van der Waals surface area contributed by atoms with Crippen LogP contribution in [0.2, 0.25) is 0 Å². The van der Waals surface area contributed by atoms with Crippen LogP contribution in [0.4, 0.5) is 42.7 Å². The molecule has 277 valence electrons. The molecule has 0 spiro atoms. The molecule has 5 aromatic rings. The van der Waals surface area contributed by atoms with Gasteiger partial charge in [0.2, 0.25) is 0 Å². The van der Waals surface area contributed by atoms with Gasteiger partial charge in [-0.2, -0.15) is 0 Å². The average Bonchev–Trinajstić information content (AvgIpc) is 3.66. The van der Waals surface area contributed by atoms with Gasteiger partial charge in [0.05, 0.1) is 0 Å². The van der Waals surface area contributed by atoms with Crippen LogP contribution in [0.25, 0.3) is 0 Å². The van der Waals surface area contributed by atoms with Gasteiger partial charge in [0.1, 0.15) is 23.3 Å². The van der Waals surface area contributed by atoms with Crippen molar-refractivity contribution in [3.05, 3.63) is 183 Å². The van der Waals surface area contributed by atoms with Gasteiger partial charge in [-0.3, -0.25) is 0 Å². The Labute approximate surface area is 313 Å². The monoisotopic (exact) mass is 846 g/mol. The van der Waals surface area contributed by atoms with Crippen LogP contribution >= 0.6 is 32.9 Å². The molecule has 5 radical (unpaired) electrons. The van der Waals surface area contributed by atoms with Crippen molar-refractivity contribution < 1.29 is 59.8 Å². The summed E-state index contributed by atoms with van der Waals surface area (Å²) in [6.07, 6.45) is 10.8. The van der Waals surface area contributed by atoms with Gasteiger partial charge < -0.3 is 0 Å². The Balaban J connectivity index is 0.000000379. The van der Waals surface area contributed by atoms with Gasteiger partial charge in [0, 0.05) is 21.2 Å². The van der Waals surface area contributed by atoms with Crippen molar-refractivity contribution in [3.8, 4) is 0 Å². The molecule has 0 bridgehead atoms. The summed E-state index contributed by atoms with van der Waals surface area (Å²) in [6, 6.07) is 35.6. The van der Waals surface area contributed by atoms with E-state index in [0.717, 1.165) is 0 Å². The van der Waals surface area contributed by atoms with Gasteiger partial charge in [-0.15, -0.1) is 9.24 Å². The number of benzene rings is 5. The van der Waals surface area contributed by atoms with Crippen molar-refractivity contribution in [2.45, 2.75) is 0 Å². The molecule has 1 fully saturated rings. The second-order valence-corrected chi connectivity index (χ2v) is 17.6. The Hall–Kier alpha value is -2.36. The smallest absolute Gasteiger partial charge is 0.206 e. The standard InChI is InChI=1S/C26H20F4P2.C6H7P.C5H5.F6P.Fe/c27-19-9-1-5-13-23(19)31(24-14-6-2-10-20(24)28)17-18-32(25-15-7-3-11-21(25)29)26-16-8-4-12-22(26)30;7-6-4-2-1-3-5-6;1-2-4-5-3-1;1-7(2,3,4,5)6;/h1-16H,17-18H2;1-5H,7H2;1-5H;;/q;;;-1;+2. The summed E-state index contributed by atoms with van der Waals surface area (Å²) in [5.41, 5.74) is 0. The summed E-state index contributed by atoms with van der Waals surface area (Å²) in [5, 5.41) is 2.98. The molecule has 0 N–H and O–H groups in total. The number of hydrogen-bond donors (Lipinski definition) is 0. The van der Waals surface area contributed by atoms with Gasteiger partial charge in [-0.25, -0.2) is 17.6 Å². The van der Waals surface area contributed by atoms with Crippen LogP contribution in [-0.4, -0.2) is 12.3 Å². The normalized spacial score (nSPS) is 13.6. The van der Waals surface area contributed by atoms with E-state index >= 15 is 0 Å². The molecule has 1 atom stereocenters. The molecule has 15 heteroatoms. The third-order valence-electron chi connectivity index (χ3n) is 6.48. The summed E-state index contributed by atoms with van der Waals surface area (Å²) in [6.45, 7) is 0. The van der Waals surface area contributed by atoms with Crippen molar-refractivity contribution in [2.24, 2.45) is 0 Å². The Kier molecular flexibility index (Phi) is 17.9. The molecule has 0 amide bonds. The number of rotatable bonds is 7. The maximum absolute atomic E-state index is 14.7. The molecule has 52 heavy (non-hydrogen) atoms. The van der Waals surface area contributed by atoms with E-state index < -0.39 is 46.9 Å². The molecule has 1 aliphatic carbocycles. The second-order valence-electron chi connectivity index (χ2n) is 10.4. The summed E-state index contributed by atoms with van der Waals surface area (Å²) in [7, 11) is -10.8. The van der Waals surface area contributed by atoms with Crippen LogP contribution < -0.4 is 26.5 Å². The van der Waals surface area contributed by atoms with Crippen LogP contribution in [0.15, 0.2) is 127 Å². The van der Waals surface area contributed by atoms with Crippen LogP contribution in [0.3, 0.4) is 0 Å². The van der Waals surface area contributed by atoms with Gasteiger partial charge in [0.15, 0.2) is 0 Å². The first-order valence-corrected chi connectivity index (χ1v) is 20.6. The second kappa shape index (κ2) is 20.4. The maximum Gasteiger partial charge on any atom is 2.00 e. The first-order valence-electron chi connectivity index (χ1n) is 15.0. The number of halogens is 10. The fourth-order valence-corrected chi connectivity index (χ4v) is 10.1. The summed E-state index contributed by atoms with van der Waals surface area (Å²) < 4.78 is 118. The third kappa shape index (κ3) is 18.1. The molecule has 5 aromatic carbocycles. The fourth-order valence-electron chi connectivity index (χ4n) is 4.40. The molecule has 0 aliphatic heterocycles. The zero-order valence-electron chi connectivity index (χ0n) is 27.0. The summed E-state index contributed by atoms with van der Waals surface area (Å²) in [5.74, 6) is -1.60. The zero-order valence-corrected chi connectivity index (χ0v) is 31.9. The van der Waals surface area contributed by atoms with E-state index in [1.54, 1.807) is 72.8 Å². The van der Waals surface area contributed by atoms with E-state index in [1.165, 1.54) is 29.6 Å². The fraction of sp³-hybridized carbons (Fsp3) is 0.0541. The first kappa shape index (κ1) is 45.8. The number of hydrogen-bond acceptors (Lipinski definition) is 0. The van der Waals surface area contributed by atoms with Gasteiger partial charge in [-0.1, -0.05) is 103 Å². The average molecular weight is 846 g/mol. The molecule has 0 aromatic heterocycles. The maximum atomic E-state index is 14.7. The largest absolute Gasteiger partial charge is 2.00 e. The van der Waals surface area contributed by atoms with Crippen LogP contribution in [0, 0.1) is 55.4 Å². The van der Waals surface area contributed by atoms with Crippen molar-refractivity contribution in [2.75, 3.05) is 12.3 Å². The van der Waals surface area contributed by atoms with Crippen molar-refractivity contribution in [3.63, 3.8) is 0 Å². The molecule has 0 saturated heterocycles. The van der Waals surface area contributed by atoms with Crippen molar-refractivity contribution in [1.29, 1.82) is 0 Å². The molecular formula is C37H32F10FeP4+. The summed E-state index contributed by atoms with van der Waals surface area (Å²) in [4.78, 5) is 0. The Morgan fingerprint density at radius 2 is 0.596 bits per heavy atom. The quantitative estimate of drug-likeness (QED) is 0.0870. The Morgan fingerprint density at radius 1 is 0.385 bits per heavy atom. The van der Waals surface area contributed by atoms with E-state index in [4.69, 9.17) is 0 Å². The third-order valence-corrected chi connectivity index (χ3v) is 12.3. The molecule has 1 aliphatic rings. The SMILES string of the molecule is F[P-](F)(F)(F)(F)F.Fc1ccccc1P(CCP(c1ccccc1F)c1ccccc1F)c1ccccc1F.Pc1ccccc1.[CH]1[CH][CH][CH][CH]1.[Fe+2]. The molecule has 1 unspecified atom stereocenters. The van der Waals surface area contributed by atoms with Gasteiger partial charge in [0.25, 0.3) is 0 Å². The van der Waals surface area contributed by atoms with Crippen molar-refractivity contribution in [1.82, 2.24) is 0 Å². The predicted octanol–water partition coefficient (Wildman–Crippen LogP) is 11.4. The van der Waals surface area contributed by atoms with E-state index in [0.29, 0.717) is 33.5 Å². The molecule has 0 heterocycles. The zero-order chi connectivity index (χ0) is 37.6. The summed E-state index contributed by atoms with van der Waals surface area (Å²) >= 11 is 0. The van der Waals surface area contributed by atoms with Crippen LogP contribution in [0.1, 0.15) is 0 Å². The Bertz CT molecular complexity index is 1600. The molecule has 6 rings (SSSR count). The first-order chi connectivity index (χ1) is 23.9. The van der Waals surface area contributed by atoms with E-state index in [2.05, 4.69) is 9.24 Å². The molecule has 1 saturated carbocycles. The van der Waals surface area contributed by atoms with E-state index in [-0.39, 0.29) is 17.1 Å².